The highest BCUT2D eigenvalue weighted by Crippen LogP contribution is 2.40. The second-order valence-electron chi connectivity index (χ2n) is 5.34. The standard InChI is InChI=1S/C15H22OS/c1-11(2)14-9-8-12(16)10-15(14)17-13-6-4-3-5-7-13/h3-7,11-12,14-16H,8-10H2,1-2H3/t12-,14+,15-/m0/s1. The van der Waals surface area contributed by atoms with E-state index >= 15 is 0 Å². The molecule has 0 radical (unpaired) electrons. The van der Waals surface area contributed by atoms with Crippen molar-refractivity contribution in [2.75, 3.05) is 0 Å². The molecule has 94 valence electrons. The van der Waals surface area contributed by atoms with Crippen LogP contribution in [0.3, 0.4) is 0 Å². The van der Waals surface area contributed by atoms with E-state index in [9.17, 15) is 5.11 Å². The van der Waals surface area contributed by atoms with Gasteiger partial charge in [-0.3, -0.25) is 0 Å². The molecule has 0 heterocycles. The maximum atomic E-state index is 9.84. The van der Waals surface area contributed by atoms with Gasteiger partial charge in [0.15, 0.2) is 0 Å². The van der Waals surface area contributed by atoms with Crippen molar-refractivity contribution in [2.24, 2.45) is 11.8 Å². The molecule has 2 rings (SSSR count). The summed E-state index contributed by atoms with van der Waals surface area (Å²) >= 11 is 1.94. The average Bonchev–Trinajstić information content (AvgIpc) is 2.30. The molecule has 0 aliphatic heterocycles. The van der Waals surface area contributed by atoms with E-state index in [-0.39, 0.29) is 6.10 Å². The van der Waals surface area contributed by atoms with Gasteiger partial charge in [0, 0.05) is 10.1 Å². The Hall–Kier alpha value is -0.470. The summed E-state index contributed by atoms with van der Waals surface area (Å²) in [7, 11) is 0. The van der Waals surface area contributed by atoms with Crippen molar-refractivity contribution in [1.29, 1.82) is 0 Å². The number of hydrogen-bond donors (Lipinski definition) is 1. The number of benzene rings is 1. The monoisotopic (exact) mass is 250 g/mol. The molecule has 17 heavy (non-hydrogen) atoms. The van der Waals surface area contributed by atoms with E-state index in [4.69, 9.17) is 0 Å². The number of hydrogen-bond acceptors (Lipinski definition) is 2. The molecule has 1 N–H and O–H groups in total. The smallest absolute Gasteiger partial charge is 0.0551 e. The van der Waals surface area contributed by atoms with Crippen molar-refractivity contribution in [2.45, 2.75) is 49.4 Å². The van der Waals surface area contributed by atoms with Crippen LogP contribution in [0.15, 0.2) is 35.2 Å². The van der Waals surface area contributed by atoms with Crippen LogP contribution in [0.5, 0.6) is 0 Å². The molecule has 1 aromatic carbocycles. The molecule has 1 nitrogen and oxygen atoms in total. The zero-order valence-corrected chi connectivity index (χ0v) is 11.5. The van der Waals surface area contributed by atoms with Crippen molar-refractivity contribution in [1.82, 2.24) is 0 Å². The molecule has 0 saturated heterocycles. The van der Waals surface area contributed by atoms with Crippen LogP contribution < -0.4 is 0 Å². The maximum Gasteiger partial charge on any atom is 0.0551 e. The van der Waals surface area contributed by atoms with Crippen molar-refractivity contribution in [3.63, 3.8) is 0 Å². The van der Waals surface area contributed by atoms with Crippen LogP contribution >= 0.6 is 11.8 Å². The van der Waals surface area contributed by atoms with E-state index < -0.39 is 0 Å². The molecule has 1 aliphatic carbocycles. The first kappa shape index (κ1) is 13.0. The van der Waals surface area contributed by atoms with Crippen LogP contribution in [0, 0.1) is 11.8 Å². The highest BCUT2D eigenvalue weighted by atomic mass is 32.2. The van der Waals surface area contributed by atoms with Crippen LogP contribution in [0.4, 0.5) is 0 Å². The minimum Gasteiger partial charge on any atom is -0.393 e. The lowest BCUT2D eigenvalue weighted by Crippen LogP contribution is -2.32. The summed E-state index contributed by atoms with van der Waals surface area (Å²) in [5.74, 6) is 1.45. The van der Waals surface area contributed by atoms with Gasteiger partial charge >= 0.3 is 0 Å². The lowest BCUT2D eigenvalue weighted by atomic mass is 9.80. The molecular formula is C15H22OS. The molecule has 0 amide bonds. The molecule has 0 bridgehead atoms. The summed E-state index contributed by atoms with van der Waals surface area (Å²) in [5.41, 5.74) is 0. The Labute approximate surface area is 109 Å². The van der Waals surface area contributed by atoms with Crippen LogP contribution in [-0.4, -0.2) is 16.5 Å². The van der Waals surface area contributed by atoms with Gasteiger partial charge in [0.1, 0.15) is 0 Å². The van der Waals surface area contributed by atoms with Gasteiger partial charge in [0.05, 0.1) is 6.10 Å². The third kappa shape index (κ3) is 3.49. The predicted molar refractivity (Wildman–Crippen MR) is 74.3 cm³/mol. The van der Waals surface area contributed by atoms with E-state index in [1.807, 2.05) is 11.8 Å². The molecule has 3 atom stereocenters. The molecule has 1 aromatic rings. The fourth-order valence-electron chi connectivity index (χ4n) is 2.70. The maximum absolute atomic E-state index is 9.84. The van der Waals surface area contributed by atoms with Gasteiger partial charge in [0.25, 0.3) is 0 Å². The van der Waals surface area contributed by atoms with Gasteiger partial charge in [-0.25, -0.2) is 0 Å². The van der Waals surface area contributed by atoms with Crippen molar-refractivity contribution in [3.05, 3.63) is 30.3 Å². The molecule has 0 spiro atoms. The highest BCUT2D eigenvalue weighted by molar-refractivity contribution is 8.00. The zero-order chi connectivity index (χ0) is 12.3. The quantitative estimate of drug-likeness (QED) is 0.876. The highest BCUT2D eigenvalue weighted by Gasteiger charge is 2.32. The van der Waals surface area contributed by atoms with Gasteiger partial charge in [-0.15, -0.1) is 11.8 Å². The molecular weight excluding hydrogens is 228 g/mol. The Morgan fingerprint density at radius 3 is 2.53 bits per heavy atom. The molecule has 1 saturated carbocycles. The molecule has 1 aliphatic rings. The minimum atomic E-state index is -0.0915. The van der Waals surface area contributed by atoms with Gasteiger partial charge in [0.2, 0.25) is 0 Å². The number of aliphatic hydroxyl groups excluding tert-OH is 1. The van der Waals surface area contributed by atoms with E-state index in [1.165, 1.54) is 11.3 Å². The minimum absolute atomic E-state index is 0.0915. The molecule has 1 fully saturated rings. The molecule has 0 unspecified atom stereocenters. The summed E-state index contributed by atoms with van der Waals surface area (Å²) < 4.78 is 0. The molecule has 2 heteroatoms. The molecule has 0 aromatic heterocycles. The third-order valence-electron chi connectivity index (χ3n) is 3.70. The first-order valence-corrected chi connectivity index (χ1v) is 7.44. The summed E-state index contributed by atoms with van der Waals surface area (Å²) in [6.07, 6.45) is 3.01. The van der Waals surface area contributed by atoms with Gasteiger partial charge in [-0.2, -0.15) is 0 Å². The van der Waals surface area contributed by atoms with Gasteiger partial charge in [-0.05, 0) is 43.2 Å². The van der Waals surface area contributed by atoms with Crippen molar-refractivity contribution >= 4 is 11.8 Å². The Balaban J connectivity index is 2.05. The van der Waals surface area contributed by atoms with E-state index in [0.29, 0.717) is 11.2 Å². The van der Waals surface area contributed by atoms with Crippen LogP contribution in [0.2, 0.25) is 0 Å². The average molecular weight is 250 g/mol. The van der Waals surface area contributed by atoms with Crippen molar-refractivity contribution < 1.29 is 5.11 Å². The van der Waals surface area contributed by atoms with Crippen molar-refractivity contribution in [3.8, 4) is 0 Å². The fourth-order valence-corrected chi connectivity index (χ4v) is 4.31. The lowest BCUT2D eigenvalue weighted by molar-refractivity contribution is 0.101. The van der Waals surface area contributed by atoms with Gasteiger partial charge in [-0.1, -0.05) is 32.0 Å². The van der Waals surface area contributed by atoms with Crippen LogP contribution in [0.1, 0.15) is 33.1 Å². The fraction of sp³-hybridized carbons (Fsp3) is 0.600. The van der Waals surface area contributed by atoms with E-state index in [2.05, 4.69) is 44.2 Å². The Bertz CT molecular complexity index is 336. The van der Waals surface area contributed by atoms with E-state index in [1.54, 1.807) is 0 Å². The first-order chi connectivity index (χ1) is 8.16. The predicted octanol–water partition coefficient (Wildman–Crippen LogP) is 3.96. The number of thioether (sulfide) groups is 1. The summed E-state index contributed by atoms with van der Waals surface area (Å²) in [5, 5.41) is 10.4. The normalized spacial score (nSPS) is 29.5. The zero-order valence-electron chi connectivity index (χ0n) is 10.7. The van der Waals surface area contributed by atoms with E-state index in [0.717, 1.165) is 18.8 Å². The first-order valence-electron chi connectivity index (χ1n) is 6.56. The second kappa shape index (κ2) is 5.92. The van der Waals surface area contributed by atoms with Gasteiger partial charge < -0.3 is 5.11 Å². The summed E-state index contributed by atoms with van der Waals surface area (Å²) in [4.78, 5) is 1.33. The Kier molecular flexibility index (Phi) is 4.52. The Morgan fingerprint density at radius 2 is 1.88 bits per heavy atom. The number of rotatable bonds is 3. The lowest BCUT2D eigenvalue weighted by Gasteiger charge is -2.36. The summed E-state index contributed by atoms with van der Waals surface area (Å²) in [6.45, 7) is 4.61. The number of aliphatic hydroxyl groups is 1. The Morgan fingerprint density at radius 1 is 1.18 bits per heavy atom. The SMILES string of the molecule is CC(C)[C@H]1CC[C@H](O)C[C@@H]1Sc1ccccc1. The second-order valence-corrected chi connectivity index (χ2v) is 6.66. The largest absolute Gasteiger partial charge is 0.393 e. The summed E-state index contributed by atoms with van der Waals surface area (Å²) in [6, 6.07) is 10.6. The topological polar surface area (TPSA) is 20.2 Å². The third-order valence-corrected chi connectivity index (χ3v) is 5.09. The van der Waals surface area contributed by atoms with Crippen LogP contribution in [-0.2, 0) is 0 Å². The van der Waals surface area contributed by atoms with Crippen LogP contribution in [0.25, 0.3) is 0 Å².